The highest BCUT2D eigenvalue weighted by Crippen LogP contribution is 2.32. The normalized spacial score (nSPS) is 16.1. The van der Waals surface area contributed by atoms with Crippen LogP contribution >= 0.6 is 11.8 Å². The minimum absolute atomic E-state index is 0.390. The third kappa shape index (κ3) is 6.01. The van der Waals surface area contributed by atoms with Gasteiger partial charge in [0.15, 0.2) is 11.0 Å². The van der Waals surface area contributed by atoms with Gasteiger partial charge in [-0.15, -0.1) is 10.2 Å². The number of fused-ring (bicyclic) bond motifs is 1. The number of benzene rings is 2. The van der Waals surface area contributed by atoms with Gasteiger partial charge in [0.05, 0.1) is 5.56 Å². The summed E-state index contributed by atoms with van der Waals surface area (Å²) < 4.78 is 51.1. The molecule has 0 aliphatic carbocycles. The van der Waals surface area contributed by atoms with E-state index in [2.05, 4.69) is 26.3 Å². The van der Waals surface area contributed by atoms with Gasteiger partial charge in [0.2, 0.25) is 0 Å². The first kappa shape index (κ1) is 26.9. The van der Waals surface area contributed by atoms with Crippen molar-refractivity contribution in [3.8, 4) is 22.6 Å². The van der Waals surface area contributed by atoms with E-state index in [0.717, 1.165) is 59.8 Å². The number of alkyl halides is 3. The van der Waals surface area contributed by atoms with E-state index in [1.165, 1.54) is 23.9 Å². The van der Waals surface area contributed by atoms with Gasteiger partial charge in [-0.05, 0) is 42.7 Å². The van der Waals surface area contributed by atoms with Crippen molar-refractivity contribution in [3.63, 3.8) is 0 Å². The summed E-state index contributed by atoms with van der Waals surface area (Å²) in [5.74, 6) is 1.93. The maximum atomic E-state index is 12.9. The molecule has 12 heteroatoms. The first-order chi connectivity index (χ1) is 18.7. The topological polar surface area (TPSA) is 86.3 Å². The Morgan fingerprint density at radius 3 is 2.59 bits per heavy atom. The number of aryl methyl sites for hydroxylation is 1. The van der Waals surface area contributed by atoms with E-state index in [4.69, 9.17) is 9.26 Å². The number of thioether (sulfide) groups is 1. The van der Waals surface area contributed by atoms with E-state index in [1.807, 2.05) is 25.1 Å². The molecular weight excluding hydrogens is 531 g/mol. The molecule has 3 heterocycles. The van der Waals surface area contributed by atoms with Crippen molar-refractivity contribution < 1.29 is 27.2 Å². The minimum atomic E-state index is -4.39. The van der Waals surface area contributed by atoms with Gasteiger partial charge in [0.1, 0.15) is 17.6 Å². The Morgan fingerprint density at radius 1 is 1.13 bits per heavy atom. The molecule has 2 aromatic carbocycles. The smallest absolute Gasteiger partial charge is 0.416 e. The fourth-order valence-corrected chi connectivity index (χ4v) is 5.56. The zero-order valence-electron chi connectivity index (χ0n) is 21.3. The van der Waals surface area contributed by atoms with Gasteiger partial charge < -0.3 is 13.8 Å². The number of halogens is 3. The molecule has 1 atom stereocenters. The molecule has 204 valence electrons. The van der Waals surface area contributed by atoms with E-state index >= 15 is 0 Å². The molecule has 4 aromatic rings. The van der Waals surface area contributed by atoms with Crippen LogP contribution in [0.2, 0.25) is 0 Å². The predicted molar refractivity (Wildman–Crippen MR) is 139 cm³/mol. The summed E-state index contributed by atoms with van der Waals surface area (Å²) in [6.45, 7) is 4.40. The second-order valence-electron chi connectivity index (χ2n) is 9.30. The van der Waals surface area contributed by atoms with Gasteiger partial charge in [-0.2, -0.15) is 13.2 Å². The van der Waals surface area contributed by atoms with Crippen molar-refractivity contribution in [1.82, 2.24) is 24.8 Å². The summed E-state index contributed by atoms with van der Waals surface area (Å²) in [4.78, 5) is 13.5. The molecule has 0 spiro atoms. The molecule has 0 bridgehead atoms. The number of rotatable bonds is 8. The molecule has 1 aliphatic rings. The summed E-state index contributed by atoms with van der Waals surface area (Å²) >= 11 is 1.51. The van der Waals surface area contributed by atoms with Crippen LogP contribution in [0.1, 0.15) is 28.6 Å². The van der Waals surface area contributed by atoms with Gasteiger partial charge in [-0.25, -0.2) is 0 Å². The van der Waals surface area contributed by atoms with Gasteiger partial charge in [0, 0.05) is 49.6 Å². The molecule has 8 nitrogen and oxygen atoms in total. The van der Waals surface area contributed by atoms with Crippen molar-refractivity contribution in [2.45, 2.75) is 30.8 Å². The van der Waals surface area contributed by atoms with Crippen LogP contribution in [0.25, 0.3) is 22.6 Å². The predicted octanol–water partition coefficient (Wildman–Crippen LogP) is 5.33. The highest BCUT2D eigenvalue weighted by Gasteiger charge is 2.30. The summed E-state index contributed by atoms with van der Waals surface area (Å²) in [5.41, 5.74) is 3.65. The van der Waals surface area contributed by atoms with Crippen molar-refractivity contribution in [1.29, 1.82) is 0 Å². The molecule has 0 N–H and O–H groups in total. The zero-order valence-corrected chi connectivity index (χ0v) is 22.1. The van der Waals surface area contributed by atoms with Gasteiger partial charge in [-0.3, -0.25) is 9.69 Å². The Hall–Kier alpha value is -3.64. The van der Waals surface area contributed by atoms with Crippen molar-refractivity contribution in [3.05, 3.63) is 71.0 Å². The summed E-state index contributed by atoms with van der Waals surface area (Å²) in [5, 5.41) is 13.2. The summed E-state index contributed by atoms with van der Waals surface area (Å²) in [6, 6.07) is 12.8. The van der Waals surface area contributed by atoms with Crippen molar-refractivity contribution in [2.75, 3.05) is 25.4 Å². The highest BCUT2D eigenvalue weighted by atomic mass is 32.2. The Bertz CT molecular complexity index is 1450. The van der Waals surface area contributed by atoms with E-state index in [9.17, 15) is 18.0 Å². The number of nitrogens with zero attached hydrogens (tertiary/aromatic N) is 5. The second-order valence-corrected chi connectivity index (χ2v) is 10.4. The molecule has 0 fully saturated rings. The standard InChI is InChI=1S/C27H26F3N5O3S/c1-17-13-23(33-38-17)20-5-8-22-19(14-20)9-10-35(15-24(22)37-16-36)11-12-39-26-32-31-25(34(26)2)18-3-6-21(7-4-18)27(28,29)30/h3-8,13-14,16,24H,9-12,15H2,1-2H3. The van der Waals surface area contributed by atoms with Crippen LogP contribution in [-0.2, 0) is 29.2 Å². The van der Waals surface area contributed by atoms with Crippen LogP contribution in [0.15, 0.2) is 58.2 Å². The van der Waals surface area contributed by atoms with E-state index < -0.39 is 11.7 Å². The Kier molecular flexibility index (Phi) is 7.76. The lowest BCUT2D eigenvalue weighted by Crippen LogP contribution is -2.31. The number of ether oxygens (including phenoxy) is 1. The van der Waals surface area contributed by atoms with Gasteiger partial charge in [-0.1, -0.05) is 41.2 Å². The molecule has 0 saturated carbocycles. The maximum Gasteiger partial charge on any atom is 0.416 e. The van der Waals surface area contributed by atoms with Crippen LogP contribution in [0, 0.1) is 6.92 Å². The number of hydrogen-bond acceptors (Lipinski definition) is 8. The van der Waals surface area contributed by atoms with Crippen LogP contribution < -0.4 is 0 Å². The lowest BCUT2D eigenvalue weighted by atomic mass is 9.97. The van der Waals surface area contributed by atoms with Gasteiger partial charge in [0.25, 0.3) is 6.47 Å². The number of carbonyl (C=O) groups excluding carboxylic acids is 1. The molecule has 5 rings (SSSR count). The monoisotopic (exact) mass is 557 g/mol. The second kappa shape index (κ2) is 11.2. The molecule has 0 saturated heterocycles. The average Bonchev–Trinajstić information content (AvgIpc) is 3.46. The number of hydrogen-bond donors (Lipinski definition) is 0. The third-order valence-electron chi connectivity index (χ3n) is 6.70. The van der Waals surface area contributed by atoms with Crippen LogP contribution in [0.4, 0.5) is 13.2 Å². The van der Waals surface area contributed by atoms with Crippen molar-refractivity contribution in [2.24, 2.45) is 7.05 Å². The molecular formula is C27H26F3N5O3S. The largest absolute Gasteiger partial charge is 0.458 e. The Balaban J connectivity index is 1.23. The number of aromatic nitrogens is 4. The van der Waals surface area contributed by atoms with Crippen molar-refractivity contribution >= 4 is 18.2 Å². The number of carbonyl (C=O) groups is 1. The van der Waals surface area contributed by atoms with E-state index in [1.54, 1.807) is 11.6 Å². The quantitative estimate of drug-likeness (QED) is 0.212. The SMILES string of the molecule is Cc1cc(-c2ccc3c(c2)CCN(CCSc2nnc(-c4ccc(C(F)(F)F)cc4)n2C)CC3OC=O)no1. The minimum Gasteiger partial charge on any atom is -0.458 e. The Morgan fingerprint density at radius 2 is 1.90 bits per heavy atom. The van der Waals surface area contributed by atoms with Crippen LogP contribution in [0.3, 0.4) is 0 Å². The van der Waals surface area contributed by atoms with Crippen LogP contribution in [0.5, 0.6) is 0 Å². The summed E-state index contributed by atoms with van der Waals surface area (Å²) in [7, 11) is 1.79. The van der Waals surface area contributed by atoms with Crippen LogP contribution in [-0.4, -0.2) is 56.7 Å². The van der Waals surface area contributed by atoms with E-state index in [-0.39, 0.29) is 6.10 Å². The maximum absolute atomic E-state index is 12.9. The molecule has 1 unspecified atom stereocenters. The first-order valence-electron chi connectivity index (χ1n) is 12.3. The fraction of sp³-hybridized carbons (Fsp3) is 0.333. The average molecular weight is 558 g/mol. The molecule has 1 aliphatic heterocycles. The zero-order chi connectivity index (χ0) is 27.6. The molecule has 39 heavy (non-hydrogen) atoms. The first-order valence-corrected chi connectivity index (χ1v) is 13.3. The third-order valence-corrected chi connectivity index (χ3v) is 7.70. The molecule has 2 aromatic heterocycles. The lowest BCUT2D eigenvalue weighted by Gasteiger charge is -2.23. The molecule has 0 amide bonds. The summed E-state index contributed by atoms with van der Waals surface area (Å²) in [6.07, 6.45) is -3.99. The fourth-order valence-electron chi connectivity index (χ4n) is 4.65. The van der Waals surface area contributed by atoms with E-state index in [0.29, 0.717) is 35.3 Å². The highest BCUT2D eigenvalue weighted by molar-refractivity contribution is 7.99. The Labute approximate surface area is 227 Å². The molecule has 0 radical (unpaired) electrons. The lowest BCUT2D eigenvalue weighted by molar-refractivity contribution is -0.137. The van der Waals surface area contributed by atoms with Gasteiger partial charge >= 0.3 is 6.18 Å².